The van der Waals surface area contributed by atoms with Crippen LogP contribution in [0.5, 0.6) is 0 Å². The molecule has 1 aromatic rings. The predicted octanol–water partition coefficient (Wildman–Crippen LogP) is 2.06. The molecule has 0 spiro atoms. The van der Waals surface area contributed by atoms with Crippen LogP contribution in [0.2, 0.25) is 0 Å². The van der Waals surface area contributed by atoms with Crippen molar-refractivity contribution in [2.45, 2.75) is 39.8 Å². The van der Waals surface area contributed by atoms with Crippen molar-refractivity contribution in [2.75, 3.05) is 20.1 Å². The normalized spacial score (nSPS) is 18.2. The topological polar surface area (TPSA) is 56.7 Å². The van der Waals surface area contributed by atoms with Crippen LogP contribution in [0.4, 0.5) is 4.39 Å². The molecule has 1 heterocycles. The lowest BCUT2D eigenvalue weighted by Crippen LogP contribution is -2.45. The van der Waals surface area contributed by atoms with Gasteiger partial charge >= 0.3 is 0 Å². The minimum Gasteiger partial charge on any atom is -0.352 e. The average Bonchev–Trinajstić information content (AvgIpc) is 3.02. The molecule has 0 radical (unpaired) electrons. The number of likely N-dealkylation sites (tertiary alicyclic amines) is 1. The zero-order valence-electron chi connectivity index (χ0n) is 14.9. The molecule has 1 aliphatic rings. The summed E-state index contributed by atoms with van der Waals surface area (Å²) in [6, 6.07) is 5.28. The van der Waals surface area contributed by atoms with Crippen LogP contribution >= 0.6 is 0 Å². The number of carbonyl (C=O) groups excluding carboxylic acids is 1. The maximum Gasteiger partial charge on any atom is 0.225 e. The SMILES string of the molecule is CN=C(NCc1ccc(F)c(C)c1)NC1CCN(C(=O)C(C)C)C1. The Morgan fingerprint density at radius 1 is 1.46 bits per heavy atom. The van der Waals surface area contributed by atoms with E-state index in [1.165, 1.54) is 6.07 Å². The number of hydrogen-bond donors (Lipinski definition) is 2. The Kier molecular flexibility index (Phi) is 6.17. The lowest BCUT2D eigenvalue weighted by molar-refractivity contribution is -0.133. The zero-order chi connectivity index (χ0) is 17.7. The number of benzene rings is 1. The summed E-state index contributed by atoms with van der Waals surface area (Å²) in [7, 11) is 1.72. The Bertz CT molecular complexity index is 615. The van der Waals surface area contributed by atoms with Gasteiger partial charge in [-0.15, -0.1) is 0 Å². The van der Waals surface area contributed by atoms with Gasteiger partial charge in [-0.2, -0.15) is 0 Å². The number of amides is 1. The minimum atomic E-state index is -0.192. The second kappa shape index (κ2) is 8.13. The molecule has 0 saturated carbocycles. The van der Waals surface area contributed by atoms with Gasteiger partial charge in [0.05, 0.1) is 0 Å². The highest BCUT2D eigenvalue weighted by molar-refractivity contribution is 5.81. The van der Waals surface area contributed by atoms with Crippen molar-refractivity contribution in [3.05, 3.63) is 35.1 Å². The highest BCUT2D eigenvalue weighted by Crippen LogP contribution is 2.13. The first kappa shape index (κ1) is 18.2. The average molecular weight is 334 g/mol. The van der Waals surface area contributed by atoms with Crippen LogP contribution < -0.4 is 10.6 Å². The molecular weight excluding hydrogens is 307 g/mol. The van der Waals surface area contributed by atoms with Gasteiger partial charge in [-0.05, 0) is 30.5 Å². The fourth-order valence-electron chi connectivity index (χ4n) is 2.83. The third-order valence-electron chi connectivity index (χ3n) is 4.24. The van der Waals surface area contributed by atoms with Crippen molar-refractivity contribution in [1.29, 1.82) is 0 Å². The standard InChI is InChI=1S/C18H27FN4O/c1-12(2)17(24)23-8-7-15(11-23)22-18(20-4)21-10-14-5-6-16(19)13(3)9-14/h5-6,9,12,15H,7-8,10-11H2,1-4H3,(H2,20,21,22). The maximum absolute atomic E-state index is 13.3. The van der Waals surface area contributed by atoms with E-state index in [9.17, 15) is 9.18 Å². The van der Waals surface area contributed by atoms with Gasteiger partial charge in [-0.3, -0.25) is 9.79 Å². The quantitative estimate of drug-likeness (QED) is 0.655. The Labute approximate surface area is 143 Å². The number of halogens is 1. The summed E-state index contributed by atoms with van der Waals surface area (Å²) in [5.74, 6) is 0.731. The van der Waals surface area contributed by atoms with Gasteiger partial charge in [0, 0.05) is 38.6 Å². The van der Waals surface area contributed by atoms with Crippen LogP contribution in [0.15, 0.2) is 23.2 Å². The minimum absolute atomic E-state index is 0.0305. The Morgan fingerprint density at radius 3 is 2.83 bits per heavy atom. The second-order valence-corrected chi connectivity index (χ2v) is 6.58. The smallest absolute Gasteiger partial charge is 0.225 e. The molecule has 1 atom stereocenters. The first-order chi connectivity index (χ1) is 11.4. The number of guanidine groups is 1. The highest BCUT2D eigenvalue weighted by Gasteiger charge is 2.27. The van der Waals surface area contributed by atoms with Crippen molar-refractivity contribution >= 4 is 11.9 Å². The summed E-state index contributed by atoms with van der Waals surface area (Å²) in [4.78, 5) is 18.2. The largest absolute Gasteiger partial charge is 0.352 e. The van der Waals surface area contributed by atoms with Crippen molar-refractivity contribution in [3.63, 3.8) is 0 Å². The van der Waals surface area contributed by atoms with E-state index in [2.05, 4.69) is 15.6 Å². The van der Waals surface area contributed by atoms with Crippen LogP contribution in [0.1, 0.15) is 31.4 Å². The predicted molar refractivity (Wildman–Crippen MR) is 94.3 cm³/mol. The number of aryl methyl sites for hydroxylation is 1. The summed E-state index contributed by atoms with van der Waals surface area (Å²) >= 11 is 0. The number of hydrogen-bond acceptors (Lipinski definition) is 2. The molecule has 5 nitrogen and oxygen atoms in total. The number of aliphatic imine (C=N–C) groups is 1. The van der Waals surface area contributed by atoms with Gasteiger partial charge in [0.25, 0.3) is 0 Å². The third-order valence-corrected chi connectivity index (χ3v) is 4.24. The lowest BCUT2D eigenvalue weighted by Gasteiger charge is -2.20. The Balaban J connectivity index is 1.85. The van der Waals surface area contributed by atoms with Crippen LogP contribution in [0.25, 0.3) is 0 Å². The fourth-order valence-corrected chi connectivity index (χ4v) is 2.83. The summed E-state index contributed by atoms with van der Waals surface area (Å²) in [6.07, 6.45) is 0.912. The molecule has 1 aliphatic heterocycles. The Morgan fingerprint density at radius 2 is 2.21 bits per heavy atom. The molecule has 6 heteroatoms. The first-order valence-corrected chi connectivity index (χ1v) is 8.41. The van der Waals surface area contributed by atoms with Crippen LogP contribution in [0.3, 0.4) is 0 Å². The van der Waals surface area contributed by atoms with Gasteiger partial charge in [0.1, 0.15) is 5.82 Å². The maximum atomic E-state index is 13.3. The first-order valence-electron chi connectivity index (χ1n) is 8.41. The van der Waals surface area contributed by atoms with Gasteiger partial charge in [-0.1, -0.05) is 26.0 Å². The van der Waals surface area contributed by atoms with E-state index in [-0.39, 0.29) is 23.7 Å². The van der Waals surface area contributed by atoms with Crippen molar-refractivity contribution in [1.82, 2.24) is 15.5 Å². The van der Waals surface area contributed by atoms with E-state index >= 15 is 0 Å². The van der Waals surface area contributed by atoms with Crippen LogP contribution in [0, 0.1) is 18.7 Å². The van der Waals surface area contributed by atoms with Crippen LogP contribution in [-0.2, 0) is 11.3 Å². The molecule has 0 aromatic heterocycles. The van der Waals surface area contributed by atoms with Gasteiger partial charge in [0.2, 0.25) is 5.91 Å². The van der Waals surface area contributed by atoms with Crippen LogP contribution in [-0.4, -0.2) is 42.9 Å². The molecule has 1 aromatic carbocycles. The molecule has 24 heavy (non-hydrogen) atoms. The molecule has 2 N–H and O–H groups in total. The summed E-state index contributed by atoms with van der Waals surface area (Å²) in [5, 5.41) is 6.60. The molecule has 132 valence electrons. The molecule has 1 fully saturated rings. The van der Waals surface area contributed by atoms with Crippen molar-refractivity contribution in [3.8, 4) is 0 Å². The number of nitrogens with one attached hydrogen (secondary N) is 2. The van der Waals surface area contributed by atoms with E-state index in [1.54, 1.807) is 20.0 Å². The highest BCUT2D eigenvalue weighted by atomic mass is 19.1. The Hall–Kier alpha value is -2.11. The summed E-state index contributed by atoms with van der Waals surface area (Å²) in [6.45, 7) is 7.66. The molecule has 0 bridgehead atoms. The lowest BCUT2D eigenvalue weighted by atomic mass is 10.1. The second-order valence-electron chi connectivity index (χ2n) is 6.58. The number of nitrogens with zero attached hydrogens (tertiary/aromatic N) is 2. The van der Waals surface area contributed by atoms with E-state index in [4.69, 9.17) is 0 Å². The fraction of sp³-hybridized carbons (Fsp3) is 0.556. The zero-order valence-corrected chi connectivity index (χ0v) is 14.9. The van der Waals surface area contributed by atoms with Gasteiger partial charge < -0.3 is 15.5 Å². The molecule has 1 amide bonds. The molecule has 0 aliphatic carbocycles. The third kappa shape index (κ3) is 4.69. The molecular formula is C18H27FN4O. The molecule has 2 rings (SSSR count). The number of rotatable bonds is 4. The monoisotopic (exact) mass is 334 g/mol. The van der Waals surface area contributed by atoms with Crippen molar-refractivity contribution in [2.24, 2.45) is 10.9 Å². The van der Waals surface area contributed by atoms with Gasteiger partial charge in [-0.25, -0.2) is 4.39 Å². The van der Waals surface area contributed by atoms with E-state index in [0.29, 0.717) is 24.6 Å². The van der Waals surface area contributed by atoms with E-state index in [1.807, 2.05) is 24.8 Å². The molecule has 1 saturated heterocycles. The number of carbonyl (C=O) groups is 1. The summed E-state index contributed by atoms with van der Waals surface area (Å²) in [5.41, 5.74) is 1.63. The van der Waals surface area contributed by atoms with Crippen molar-refractivity contribution < 1.29 is 9.18 Å². The van der Waals surface area contributed by atoms with E-state index < -0.39 is 0 Å². The summed E-state index contributed by atoms with van der Waals surface area (Å²) < 4.78 is 13.3. The van der Waals surface area contributed by atoms with E-state index in [0.717, 1.165) is 18.5 Å². The van der Waals surface area contributed by atoms with Gasteiger partial charge in [0.15, 0.2) is 5.96 Å². The molecule has 1 unspecified atom stereocenters.